The maximum atomic E-state index is 12.6. The van der Waals surface area contributed by atoms with E-state index in [0.29, 0.717) is 10.6 Å². The number of carbonyl (C=O) groups excluding carboxylic acids is 1. The first-order chi connectivity index (χ1) is 12.5. The van der Waals surface area contributed by atoms with Gasteiger partial charge in [-0.05, 0) is 52.3 Å². The number of hydrogen-bond donors (Lipinski definition) is 1. The van der Waals surface area contributed by atoms with Crippen molar-refractivity contribution in [3.63, 3.8) is 0 Å². The Bertz CT molecular complexity index is 918. The number of sulfonamides is 1. The molecule has 0 unspecified atom stereocenters. The van der Waals surface area contributed by atoms with Crippen LogP contribution in [0.2, 0.25) is 5.02 Å². The Balaban J connectivity index is 2.16. The number of benzene rings is 1. The van der Waals surface area contributed by atoms with Crippen LogP contribution in [0.25, 0.3) is 0 Å². The molecule has 7 nitrogen and oxygen atoms in total. The zero-order valence-corrected chi connectivity index (χ0v) is 18.2. The highest BCUT2D eigenvalue weighted by Crippen LogP contribution is 2.25. The third-order valence-corrected chi connectivity index (χ3v) is 6.60. The van der Waals surface area contributed by atoms with Crippen molar-refractivity contribution >= 4 is 44.2 Å². The summed E-state index contributed by atoms with van der Waals surface area (Å²) < 4.78 is 31.7. The van der Waals surface area contributed by atoms with Gasteiger partial charge in [-0.15, -0.1) is 0 Å². The van der Waals surface area contributed by atoms with Crippen molar-refractivity contribution in [2.75, 3.05) is 4.72 Å². The molecule has 0 aliphatic heterocycles. The highest BCUT2D eigenvalue weighted by atomic mass is 35.5. The monoisotopic (exact) mass is 430 g/mol. The second-order valence-electron chi connectivity index (χ2n) is 6.65. The summed E-state index contributed by atoms with van der Waals surface area (Å²) in [5.41, 5.74) is 0.455. The maximum absolute atomic E-state index is 12.6. The lowest BCUT2D eigenvalue weighted by Crippen LogP contribution is -2.43. The van der Waals surface area contributed by atoms with Crippen LogP contribution in [0, 0.1) is 6.92 Å². The van der Waals surface area contributed by atoms with E-state index >= 15 is 0 Å². The normalized spacial score (nSPS) is 11.9. The number of hydrogen-bond acceptors (Lipinski definition) is 6. The standard InChI is InChI=1S/C17H23ClN4O3S2/c1-10(2)22(11(3)4)16(23)9-15-19-17(26-20-15)21-27(24,25)14-8-6-7-13(18)12(14)5/h6-8,10-11H,9H2,1-5H3,(H,19,20,21). The number of aromatic nitrogens is 2. The van der Waals surface area contributed by atoms with Gasteiger partial charge in [0.2, 0.25) is 11.0 Å². The minimum atomic E-state index is -3.85. The average Bonchev–Trinajstić information content (AvgIpc) is 2.95. The Morgan fingerprint density at radius 1 is 1.26 bits per heavy atom. The van der Waals surface area contributed by atoms with Crippen molar-refractivity contribution in [2.24, 2.45) is 0 Å². The molecule has 2 rings (SSSR count). The van der Waals surface area contributed by atoms with Gasteiger partial charge in [-0.2, -0.15) is 4.37 Å². The van der Waals surface area contributed by atoms with Crippen LogP contribution in [-0.2, 0) is 21.2 Å². The molecule has 2 aromatic rings. The second-order valence-corrected chi connectivity index (χ2v) is 9.46. The third-order valence-electron chi connectivity index (χ3n) is 3.91. The van der Waals surface area contributed by atoms with Gasteiger partial charge in [0.1, 0.15) is 0 Å². The summed E-state index contributed by atoms with van der Waals surface area (Å²) in [4.78, 5) is 18.5. The fourth-order valence-electron chi connectivity index (χ4n) is 2.81. The van der Waals surface area contributed by atoms with Crippen LogP contribution in [0.4, 0.5) is 5.13 Å². The Hall–Kier alpha value is -1.71. The predicted molar refractivity (Wildman–Crippen MR) is 108 cm³/mol. The molecule has 148 valence electrons. The van der Waals surface area contributed by atoms with E-state index in [1.807, 2.05) is 27.7 Å². The molecule has 0 aliphatic carbocycles. The summed E-state index contributed by atoms with van der Waals surface area (Å²) >= 11 is 6.90. The lowest BCUT2D eigenvalue weighted by atomic mass is 10.2. The number of nitrogens with one attached hydrogen (secondary N) is 1. The quantitative estimate of drug-likeness (QED) is 0.725. The van der Waals surface area contributed by atoms with E-state index in [1.165, 1.54) is 6.07 Å². The Kier molecular flexibility index (Phi) is 6.82. The molecule has 0 bridgehead atoms. The summed E-state index contributed by atoms with van der Waals surface area (Å²) in [6, 6.07) is 4.78. The summed E-state index contributed by atoms with van der Waals surface area (Å²) in [5, 5.41) is 0.474. The van der Waals surface area contributed by atoms with Crippen molar-refractivity contribution in [2.45, 2.75) is 58.0 Å². The van der Waals surface area contributed by atoms with Crippen LogP contribution in [0.1, 0.15) is 39.1 Å². The maximum Gasteiger partial charge on any atom is 0.264 e. The molecule has 0 fully saturated rings. The molecule has 10 heteroatoms. The van der Waals surface area contributed by atoms with E-state index in [-0.39, 0.29) is 40.3 Å². The summed E-state index contributed by atoms with van der Waals surface area (Å²) in [5.74, 6) is 0.190. The molecule has 0 spiro atoms. The number of amides is 1. The fourth-order valence-corrected chi connectivity index (χ4v) is 5.12. The van der Waals surface area contributed by atoms with Gasteiger partial charge in [0.05, 0.1) is 11.3 Å². The molecule has 0 saturated carbocycles. The van der Waals surface area contributed by atoms with Crippen molar-refractivity contribution in [1.82, 2.24) is 14.3 Å². The van der Waals surface area contributed by atoms with E-state index < -0.39 is 10.0 Å². The van der Waals surface area contributed by atoms with Crippen molar-refractivity contribution in [3.05, 3.63) is 34.6 Å². The van der Waals surface area contributed by atoms with Crippen molar-refractivity contribution < 1.29 is 13.2 Å². The van der Waals surface area contributed by atoms with E-state index in [9.17, 15) is 13.2 Å². The van der Waals surface area contributed by atoms with Crippen LogP contribution >= 0.6 is 23.1 Å². The number of anilines is 1. The van der Waals surface area contributed by atoms with E-state index in [2.05, 4.69) is 14.1 Å². The minimum absolute atomic E-state index is 0.0186. The molecule has 27 heavy (non-hydrogen) atoms. The van der Waals surface area contributed by atoms with Crippen LogP contribution in [0.3, 0.4) is 0 Å². The molecule has 1 N–H and O–H groups in total. The molecular formula is C17H23ClN4O3S2. The van der Waals surface area contributed by atoms with Crippen LogP contribution in [0.5, 0.6) is 0 Å². The number of nitrogens with zero attached hydrogens (tertiary/aromatic N) is 3. The SMILES string of the molecule is Cc1c(Cl)cccc1S(=O)(=O)Nc1nc(CC(=O)N(C(C)C)C(C)C)ns1. The summed E-state index contributed by atoms with van der Waals surface area (Å²) in [6.07, 6.45) is 0.0186. The van der Waals surface area contributed by atoms with Gasteiger partial charge in [0.15, 0.2) is 5.82 Å². The van der Waals surface area contributed by atoms with Crippen molar-refractivity contribution in [3.8, 4) is 0 Å². The van der Waals surface area contributed by atoms with Gasteiger partial charge in [-0.1, -0.05) is 17.7 Å². The molecule has 0 atom stereocenters. The zero-order valence-electron chi connectivity index (χ0n) is 15.9. The lowest BCUT2D eigenvalue weighted by Gasteiger charge is -2.30. The number of halogens is 1. The largest absolute Gasteiger partial charge is 0.337 e. The van der Waals surface area contributed by atoms with Gasteiger partial charge < -0.3 is 4.90 Å². The molecule has 1 aromatic heterocycles. The first-order valence-electron chi connectivity index (χ1n) is 8.44. The molecule has 0 radical (unpaired) electrons. The average molecular weight is 431 g/mol. The molecule has 1 amide bonds. The smallest absolute Gasteiger partial charge is 0.264 e. The summed E-state index contributed by atoms with van der Waals surface area (Å²) in [7, 11) is -3.85. The fraction of sp³-hybridized carbons (Fsp3) is 0.471. The van der Waals surface area contributed by atoms with Crippen LogP contribution in [0.15, 0.2) is 23.1 Å². The van der Waals surface area contributed by atoms with Gasteiger partial charge in [-0.25, -0.2) is 13.4 Å². The topological polar surface area (TPSA) is 92.3 Å². The second kappa shape index (κ2) is 8.53. The van der Waals surface area contributed by atoms with Gasteiger partial charge in [-0.3, -0.25) is 9.52 Å². The Morgan fingerprint density at radius 2 is 1.89 bits per heavy atom. The number of rotatable bonds is 7. The molecule has 1 heterocycles. The van der Waals surface area contributed by atoms with E-state index in [0.717, 1.165) is 11.5 Å². The predicted octanol–water partition coefficient (Wildman–Crippen LogP) is 3.49. The van der Waals surface area contributed by atoms with E-state index in [1.54, 1.807) is 24.0 Å². The third kappa shape index (κ3) is 5.18. The zero-order chi connectivity index (χ0) is 20.4. The molecule has 1 aromatic carbocycles. The molecule has 0 saturated heterocycles. The first-order valence-corrected chi connectivity index (χ1v) is 11.1. The highest BCUT2D eigenvalue weighted by Gasteiger charge is 2.23. The van der Waals surface area contributed by atoms with Gasteiger partial charge in [0.25, 0.3) is 10.0 Å². The van der Waals surface area contributed by atoms with Crippen LogP contribution in [-0.4, -0.2) is 40.7 Å². The van der Waals surface area contributed by atoms with Gasteiger partial charge in [0, 0.05) is 28.6 Å². The van der Waals surface area contributed by atoms with Crippen molar-refractivity contribution in [1.29, 1.82) is 0 Å². The van der Waals surface area contributed by atoms with Crippen LogP contribution < -0.4 is 4.72 Å². The molecule has 0 aliphatic rings. The highest BCUT2D eigenvalue weighted by molar-refractivity contribution is 7.93. The lowest BCUT2D eigenvalue weighted by molar-refractivity contribution is -0.134. The summed E-state index contributed by atoms with van der Waals surface area (Å²) in [6.45, 7) is 9.41. The number of carbonyl (C=O) groups is 1. The van der Waals surface area contributed by atoms with E-state index in [4.69, 9.17) is 11.6 Å². The molecular weight excluding hydrogens is 408 g/mol. The Morgan fingerprint density at radius 3 is 2.48 bits per heavy atom. The Labute approximate surface area is 169 Å². The first kappa shape index (κ1) is 21.6. The van der Waals surface area contributed by atoms with Gasteiger partial charge >= 0.3 is 0 Å². The minimum Gasteiger partial charge on any atom is -0.337 e.